The molecule has 2 N–H and O–H groups in total. The van der Waals surface area contributed by atoms with Crippen LogP contribution in [0, 0.1) is 12.7 Å². The van der Waals surface area contributed by atoms with Crippen LogP contribution in [0.25, 0.3) is 0 Å². The Morgan fingerprint density at radius 1 is 1.42 bits per heavy atom. The Balaban J connectivity index is 2.24. The molecule has 1 heterocycles. The van der Waals surface area contributed by atoms with Gasteiger partial charge in [-0.2, -0.15) is 0 Å². The van der Waals surface area contributed by atoms with Crippen molar-refractivity contribution < 1.29 is 19.4 Å². The molecule has 0 amide bonds. The third kappa shape index (κ3) is 3.11. The monoisotopic (exact) mass is 267 g/mol. The maximum atomic E-state index is 13.3. The molecule has 0 radical (unpaired) electrons. The van der Waals surface area contributed by atoms with E-state index in [1.807, 2.05) is 4.90 Å². The first kappa shape index (κ1) is 14.0. The van der Waals surface area contributed by atoms with Crippen LogP contribution in [0.2, 0.25) is 0 Å². The summed E-state index contributed by atoms with van der Waals surface area (Å²) in [6, 6.07) is 3.64. The minimum absolute atomic E-state index is 0.332. The van der Waals surface area contributed by atoms with Crippen LogP contribution in [-0.4, -0.2) is 40.3 Å². The molecule has 2 rings (SSSR count). The van der Waals surface area contributed by atoms with Crippen molar-refractivity contribution in [2.24, 2.45) is 0 Å². The fourth-order valence-corrected chi connectivity index (χ4v) is 2.49. The van der Waals surface area contributed by atoms with Gasteiger partial charge in [-0.05, 0) is 37.0 Å². The summed E-state index contributed by atoms with van der Waals surface area (Å²) in [5.41, 5.74) is 1.03. The summed E-state index contributed by atoms with van der Waals surface area (Å²) in [6.07, 6.45) is 0.800. The van der Waals surface area contributed by atoms with Gasteiger partial charge in [0, 0.05) is 13.1 Å². The van der Waals surface area contributed by atoms with Crippen molar-refractivity contribution in [3.05, 3.63) is 35.1 Å². The normalized spacial score (nSPS) is 19.3. The van der Waals surface area contributed by atoms with Crippen LogP contribution in [-0.2, 0) is 4.79 Å². The number of carboxylic acid groups (broad SMARTS) is 1. The van der Waals surface area contributed by atoms with Gasteiger partial charge < -0.3 is 10.2 Å². The Hall–Kier alpha value is -1.46. The predicted molar refractivity (Wildman–Crippen MR) is 68.3 cm³/mol. The summed E-state index contributed by atoms with van der Waals surface area (Å²) in [4.78, 5) is 13.3. The summed E-state index contributed by atoms with van der Waals surface area (Å²) < 4.78 is 13.3. The number of nitrogens with zero attached hydrogens (tertiary/aromatic N) is 1. The van der Waals surface area contributed by atoms with Crippen molar-refractivity contribution in [2.75, 3.05) is 13.1 Å². The molecule has 0 unspecified atom stereocenters. The number of hydrogen-bond donors (Lipinski definition) is 2. The molecule has 0 saturated carbocycles. The number of likely N-dealkylation sites (tertiary alicyclic amines) is 1. The van der Waals surface area contributed by atoms with E-state index < -0.39 is 12.0 Å². The van der Waals surface area contributed by atoms with E-state index in [1.54, 1.807) is 13.0 Å². The molecule has 1 atom stereocenters. The molecule has 1 aromatic carbocycles. The lowest BCUT2D eigenvalue weighted by Gasteiger charge is -2.34. The largest absolute Gasteiger partial charge is 0.480 e. The molecule has 1 aliphatic heterocycles. The highest BCUT2D eigenvalue weighted by molar-refractivity contribution is 5.75. The number of hydrogen-bond acceptors (Lipinski definition) is 3. The van der Waals surface area contributed by atoms with Gasteiger partial charge in [-0.1, -0.05) is 12.1 Å². The molecule has 1 aliphatic rings. The van der Waals surface area contributed by atoms with Gasteiger partial charge in [0.05, 0.1) is 6.10 Å². The fourth-order valence-electron chi connectivity index (χ4n) is 2.49. The van der Waals surface area contributed by atoms with Gasteiger partial charge in [-0.3, -0.25) is 9.69 Å². The third-order valence-corrected chi connectivity index (χ3v) is 3.60. The Labute approximate surface area is 111 Å². The third-order valence-electron chi connectivity index (χ3n) is 3.60. The van der Waals surface area contributed by atoms with Crippen LogP contribution in [0.4, 0.5) is 4.39 Å². The summed E-state index contributed by atoms with van der Waals surface area (Å²) in [7, 11) is 0. The number of rotatable bonds is 3. The molecule has 0 aromatic heterocycles. The molecule has 19 heavy (non-hydrogen) atoms. The van der Waals surface area contributed by atoms with Gasteiger partial charge in [0.15, 0.2) is 0 Å². The summed E-state index contributed by atoms with van der Waals surface area (Å²) in [5.74, 6) is -1.27. The van der Waals surface area contributed by atoms with E-state index in [1.165, 1.54) is 12.1 Å². The summed E-state index contributed by atoms with van der Waals surface area (Å²) >= 11 is 0. The van der Waals surface area contributed by atoms with Crippen molar-refractivity contribution in [1.82, 2.24) is 4.90 Å². The second kappa shape index (κ2) is 5.67. The second-order valence-corrected chi connectivity index (χ2v) is 5.02. The second-order valence-electron chi connectivity index (χ2n) is 5.02. The van der Waals surface area contributed by atoms with Crippen molar-refractivity contribution in [1.29, 1.82) is 0 Å². The van der Waals surface area contributed by atoms with Crippen molar-refractivity contribution in [2.45, 2.75) is 31.9 Å². The Bertz CT molecular complexity index is 470. The van der Waals surface area contributed by atoms with Crippen LogP contribution >= 0.6 is 0 Å². The van der Waals surface area contributed by atoms with E-state index in [9.17, 15) is 19.4 Å². The first-order valence-corrected chi connectivity index (χ1v) is 6.40. The van der Waals surface area contributed by atoms with Crippen LogP contribution < -0.4 is 0 Å². The fraction of sp³-hybridized carbons (Fsp3) is 0.500. The number of piperidine rings is 1. The Morgan fingerprint density at radius 2 is 2.05 bits per heavy atom. The highest BCUT2D eigenvalue weighted by Gasteiger charge is 2.30. The molecule has 0 spiro atoms. The average Bonchev–Trinajstić information content (AvgIpc) is 2.36. The zero-order valence-corrected chi connectivity index (χ0v) is 10.8. The standard InChI is InChI=1S/C14H18FNO3/c1-9-8-10(2-3-12(9)15)13(14(18)19)16-6-4-11(17)5-7-16/h2-3,8,11,13,17H,4-7H2,1H3,(H,18,19)/t13-/m1/s1. The topological polar surface area (TPSA) is 60.8 Å². The highest BCUT2D eigenvalue weighted by atomic mass is 19.1. The number of aliphatic hydroxyl groups is 1. The van der Waals surface area contributed by atoms with Gasteiger partial charge >= 0.3 is 5.97 Å². The molecule has 104 valence electrons. The van der Waals surface area contributed by atoms with E-state index in [0.717, 1.165) is 0 Å². The molecule has 4 nitrogen and oxygen atoms in total. The molecule has 1 aromatic rings. The number of aliphatic carboxylic acids is 1. The van der Waals surface area contributed by atoms with Gasteiger partial charge in [-0.25, -0.2) is 4.39 Å². The highest BCUT2D eigenvalue weighted by Crippen LogP contribution is 2.26. The van der Waals surface area contributed by atoms with Crippen LogP contribution in [0.5, 0.6) is 0 Å². The van der Waals surface area contributed by atoms with Crippen LogP contribution in [0.1, 0.15) is 30.0 Å². The summed E-state index contributed by atoms with van der Waals surface area (Å²) in [6.45, 7) is 2.70. The van der Waals surface area contributed by atoms with Crippen molar-refractivity contribution in [3.8, 4) is 0 Å². The molecular formula is C14H18FNO3. The lowest BCUT2D eigenvalue weighted by Crippen LogP contribution is -2.41. The smallest absolute Gasteiger partial charge is 0.325 e. The summed E-state index contributed by atoms with van der Waals surface area (Å²) in [5, 5.41) is 18.9. The SMILES string of the molecule is Cc1cc([C@H](C(=O)O)N2CCC(O)CC2)ccc1F. The molecule has 0 bridgehead atoms. The van der Waals surface area contributed by atoms with Gasteiger partial charge in [0.1, 0.15) is 11.9 Å². The maximum absolute atomic E-state index is 13.3. The molecule has 5 heteroatoms. The Morgan fingerprint density at radius 3 is 2.58 bits per heavy atom. The lowest BCUT2D eigenvalue weighted by atomic mass is 9.99. The number of carboxylic acids is 1. The van der Waals surface area contributed by atoms with Crippen molar-refractivity contribution in [3.63, 3.8) is 0 Å². The maximum Gasteiger partial charge on any atom is 0.325 e. The zero-order chi connectivity index (χ0) is 14.0. The predicted octanol–water partition coefficient (Wildman–Crippen LogP) is 1.72. The number of carbonyl (C=O) groups is 1. The zero-order valence-electron chi connectivity index (χ0n) is 10.8. The van der Waals surface area contributed by atoms with Crippen LogP contribution in [0.15, 0.2) is 18.2 Å². The first-order chi connectivity index (χ1) is 8.99. The van der Waals surface area contributed by atoms with E-state index in [0.29, 0.717) is 37.1 Å². The number of aliphatic hydroxyl groups excluding tert-OH is 1. The minimum Gasteiger partial charge on any atom is -0.480 e. The van der Waals surface area contributed by atoms with Crippen LogP contribution in [0.3, 0.4) is 0 Å². The van der Waals surface area contributed by atoms with Crippen molar-refractivity contribution >= 4 is 5.97 Å². The molecular weight excluding hydrogens is 249 g/mol. The van der Waals surface area contributed by atoms with E-state index in [4.69, 9.17) is 0 Å². The van der Waals surface area contributed by atoms with Gasteiger partial charge in [0.2, 0.25) is 0 Å². The number of benzene rings is 1. The number of halogens is 1. The first-order valence-electron chi connectivity index (χ1n) is 6.40. The quantitative estimate of drug-likeness (QED) is 0.875. The Kier molecular flexibility index (Phi) is 4.17. The molecule has 1 saturated heterocycles. The molecule has 0 aliphatic carbocycles. The lowest BCUT2D eigenvalue weighted by molar-refractivity contribution is -0.144. The van der Waals surface area contributed by atoms with E-state index in [-0.39, 0.29) is 11.9 Å². The number of aryl methyl sites for hydroxylation is 1. The van der Waals surface area contributed by atoms with E-state index >= 15 is 0 Å². The van der Waals surface area contributed by atoms with Gasteiger partial charge in [0.25, 0.3) is 0 Å². The minimum atomic E-state index is -0.942. The van der Waals surface area contributed by atoms with E-state index in [2.05, 4.69) is 0 Å². The molecule has 1 fully saturated rings. The van der Waals surface area contributed by atoms with Gasteiger partial charge in [-0.15, -0.1) is 0 Å². The average molecular weight is 267 g/mol.